The lowest BCUT2D eigenvalue weighted by Crippen LogP contribution is -2.07. The topological polar surface area (TPSA) is 52.3 Å². The van der Waals surface area contributed by atoms with Crippen LogP contribution in [-0.4, -0.2) is 11.1 Å². The van der Waals surface area contributed by atoms with E-state index in [-0.39, 0.29) is 12.4 Å². The molecule has 0 aliphatic heterocycles. The smallest absolute Gasteiger partial charge is 0.339 e. The molecule has 0 N–H and O–H groups in total. The molecule has 4 nitrogen and oxygen atoms in total. The zero-order chi connectivity index (χ0) is 16.2. The van der Waals surface area contributed by atoms with Gasteiger partial charge in [0.2, 0.25) is 0 Å². The van der Waals surface area contributed by atoms with Crippen LogP contribution < -0.4 is 0 Å². The van der Waals surface area contributed by atoms with Gasteiger partial charge in [-0.15, -0.1) is 0 Å². The molecule has 6 heteroatoms. The average Bonchev–Trinajstić information content (AvgIpc) is 3.03. The Hall–Kier alpha value is -2.22. The van der Waals surface area contributed by atoms with E-state index in [0.29, 0.717) is 22.6 Å². The first kappa shape index (κ1) is 15.7. The lowest BCUT2D eigenvalue weighted by atomic mass is 10.1. The van der Waals surface area contributed by atoms with Crippen LogP contribution in [0.4, 0.5) is 4.39 Å². The highest BCUT2D eigenvalue weighted by Gasteiger charge is 2.13. The molecule has 2 aromatic carbocycles. The van der Waals surface area contributed by atoms with Gasteiger partial charge in [-0.3, -0.25) is 0 Å². The molecule has 3 aromatic rings. The summed E-state index contributed by atoms with van der Waals surface area (Å²) < 4.78 is 24.2. The molecule has 3 rings (SSSR count). The van der Waals surface area contributed by atoms with Crippen molar-refractivity contribution < 1.29 is 18.4 Å². The van der Waals surface area contributed by atoms with Gasteiger partial charge in [0, 0.05) is 15.2 Å². The van der Waals surface area contributed by atoms with Crippen molar-refractivity contribution in [3.8, 4) is 11.3 Å². The number of nitrogens with zero attached hydrogens (tertiary/aromatic N) is 1. The minimum atomic E-state index is -0.415. The van der Waals surface area contributed by atoms with E-state index in [1.165, 1.54) is 12.1 Å². The fraction of sp³-hybridized carbons (Fsp3) is 0.0588. The summed E-state index contributed by atoms with van der Waals surface area (Å²) in [5.74, 6) is -0.244. The number of hydrogen-bond acceptors (Lipinski definition) is 4. The van der Waals surface area contributed by atoms with Crippen molar-refractivity contribution >= 4 is 28.6 Å². The quantitative estimate of drug-likeness (QED) is 0.460. The highest BCUT2D eigenvalue weighted by Crippen LogP contribution is 2.21. The third-order valence-corrected chi connectivity index (χ3v) is 4.07. The van der Waals surface area contributed by atoms with Gasteiger partial charge in [-0.1, -0.05) is 17.3 Å². The first-order valence-corrected chi connectivity index (χ1v) is 7.84. The van der Waals surface area contributed by atoms with Crippen LogP contribution in [0.1, 0.15) is 16.1 Å². The summed E-state index contributed by atoms with van der Waals surface area (Å²) in [6, 6.07) is 14.7. The molecule has 0 aliphatic rings. The monoisotopic (exact) mass is 423 g/mol. The molecule has 0 atom stereocenters. The van der Waals surface area contributed by atoms with Gasteiger partial charge in [0.25, 0.3) is 0 Å². The molecule has 0 amide bonds. The van der Waals surface area contributed by atoms with Gasteiger partial charge in [-0.05, 0) is 59.0 Å². The molecule has 0 saturated heterocycles. The number of ether oxygens (including phenoxy) is 1. The van der Waals surface area contributed by atoms with Crippen molar-refractivity contribution in [3.05, 3.63) is 75.2 Å². The first-order valence-electron chi connectivity index (χ1n) is 6.76. The SMILES string of the molecule is O=C(OCc1cc(-c2ccc(F)cc2)on1)c1ccccc1I. The van der Waals surface area contributed by atoms with Crippen LogP contribution in [0.3, 0.4) is 0 Å². The van der Waals surface area contributed by atoms with Crippen molar-refractivity contribution in [2.75, 3.05) is 0 Å². The molecule has 1 heterocycles. The van der Waals surface area contributed by atoms with E-state index in [1.807, 2.05) is 12.1 Å². The summed E-state index contributed by atoms with van der Waals surface area (Å²) in [5, 5.41) is 3.86. The maximum atomic E-state index is 12.9. The third kappa shape index (κ3) is 3.76. The number of esters is 1. The van der Waals surface area contributed by atoms with Crippen molar-refractivity contribution in [1.29, 1.82) is 0 Å². The Kier molecular flexibility index (Phi) is 4.71. The molecule has 0 unspecified atom stereocenters. The maximum Gasteiger partial charge on any atom is 0.339 e. The Morgan fingerprint density at radius 2 is 1.91 bits per heavy atom. The highest BCUT2D eigenvalue weighted by atomic mass is 127. The molecule has 0 aliphatic carbocycles. The number of benzene rings is 2. The number of rotatable bonds is 4. The molecule has 0 spiro atoms. The van der Waals surface area contributed by atoms with Gasteiger partial charge >= 0.3 is 5.97 Å². The van der Waals surface area contributed by atoms with E-state index in [9.17, 15) is 9.18 Å². The highest BCUT2D eigenvalue weighted by molar-refractivity contribution is 14.1. The molecular formula is C17H11FINO3. The lowest BCUT2D eigenvalue weighted by Gasteiger charge is -2.03. The fourth-order valence-corrected chi connectivity index (χ4v) is 2.58. The summed E-state index contributed by atoms with van der Waals surface area (Å²) in [6.07, 6.45) is 0. The van der Waals surface area contributed by atoms with Gasteiger partial charge in [0.1, 0.15) is 18.1 Å². The predicted molar refractivity (Wildman–Crippen MR) is 90.2 cm³/mol. The summed E-state index contributed by atoms with van der Waals surface area (Å²) in [5.41, 5.74) is 1.70. The minimum absolute atomic E-state index is 0.00843. The van der Waals surface area contributed by atoms with Crippen molar-refractivity contribution in [3.63, 3.8) is 0 Å². The molecule has 23 heavy (non-hydrogen) atoms. The molecule has 0 fully saturated rings. The zero-order valence-corrected chi connectivity index (χ0v) is 14.0. The van der Waals surface area contributed by atoms with Crippen LogP contribution in [0.15, 0.2) is 59.1 Å². The van der Waals surface area contributed by atoms with Crippen molar-refractivity contribution in [2.45, 2.75) is 6.61 Å². The second-order valence-electron chi connectivity index (χ2n) is 4.75. The van der Waals surface area contributed by atoms with Crippen LogP contribution in [0.5, 0.6) is 0 Å². The normalized spacial score (nSPS) is 10.5. The van der Waals surface area contributed by atoms with E-state index in [4.69, 9.17) is 9.26 Å². The Morgan fingerprint density at radius 3 is 2.65 bits per heavy atom. The minimum Gasteiger partial charge on any atom is -0.455 e. The van der Waals surface area contributed by atoms with Gasteiger partial charge in [0.05, 0.1) is 5.56 Å². The van der Waals surface area contributed by atoms with Crippen LogP contribution in [-0.2, 0) is 11.3 Å². The van der Waals surface area contributed by atoms with Crippen molar-refractivity contribution in [1.82, 2.24) is 5.16 Å². The Labute approximate surface area is 145 Å². The van der Waals surface area contributed by atoms with E-state index in [0.717, 1.165) is 3.57 Å². The van der Waals surface area contributed by atoms with Gasteiger partial charge in [0.15, 0.2) is 5.76 Å². The molecule has 0 radical (unpaired) electrons. The second kappa shape index (κ2) is 6.91. The Balaban J connectivity index is 1.67. The summed E-state index contributed by atoms with van der Waals surface area (Å²) >= 11 is 2.08. The molecule has 0 saturated carbocycles. The molecule has 1 aromatic heterocycles. The lowest BCUT2D eigenvalue weighted by molar-refractivity contribution is 0.0463. The fourth-order valence-electron chi connectivity index (χ4n) is 1.97. The van der Waals surface area contributed by atoms with Gasteiger partial charge in [-0.2, -0.15) is 0 Å². The maximum absolute atomic E-state index is 12.9. The largest absolute Gasteiger partial charge is 0.455 e. The number of halogens is 2. The first-order chi connectivity index (χ1) is 11.1. The summed E-state index contributed by atoms with van der Waals surface area (Å²) in [7, 11) is 0. The van der Waals surface area contributed by atoms with Crippen LogP contribution in [0.25, 0.3) is 11.3 Å². The van der Waals surface area contributed by atoms with E-state index < -0.39 is 5.97 Å². The molecule has 0 bridgehead atoms. The number of aromatic nitrogens is 1. The van der Waals surface area contributed by atoms with E-state index >= 15 is 0 Å². The summed E-state index contributed by atoms with van der Waals surface area (Å²) in [4.78, 5) is 12.0. The predicted octanol–water partition coefficient (Wildman–Crippen LogP) is 4.44. The second-order valence-corrected chi connectivity index (χ2v) is 5.91. The average molecular weight is 423 g/mol. The Bertz CT molecular complexity index is 830. The number of hydrogen-bond donors (Lipinski definition) is 0. The number of carbonyl (C=O) groups is 1. The van der Waals surface area contributed by atoms with E-state index in [1.54, 1.807) is 30.3 Å². The van der Waals surface area contributed by atoms with Crippen molar-refractivity contribution in [2.24, 2.45) is 0 Å². The van der Waals surface area contributed by atoms with E-state index in [2.05, 4.69) is 27.7 Å². The zero-order valence-electron chi connectivity index (χ0n) is 11.8. The van der Waals surface area contributed by atoms with Crippen LogP contribution in [0, 0.1) is 9.39 Å². The van der Waals surface area contributed by atoms with Gasteiger partial charge < -0.3 is 9.26 Å². The van der Waals surface area contributed by atoms with Gasteiger partial charge in [-0.25, -0.2) is 9.18 Å². The molecular weight excluding hydrogens is 412 g/mol. The van der Waals surface area contributed by atoms with Crippen LogP contribution in [0.2, 0.25) is 0 Å². The molecule has 116 valence electrons. The van der Waals surface area contributed by atoms with Crippen LogP contribution >= 0.6 is 22.6 Å². The Morgan fingerprint density at radius 1 is 1.17 bits per heavy atom. The number of carbonyl (C=O) groups excluding carboxylic acids is 1. The summed E-state index contributed by atoms with van der Waals surface area (Å²) in [6.45, 7) is 0.00843. The third-order valence-electron chi connectivity index (χ3n) is 3.13. The standard InChI is InChI=1S/C17H11FINO3/c18-12-7-5-11(6-8-12)16-9-13(20-23-16)10-22-17(21)14-3-1-2-4-15(14)19/h1-9H,10H2.